The number of carbonyl (C=O) groups is 1. The van der Waals surface area contributed by atoms with E-state index in [2.05, 4.69) is 4.98 Å². The van der Waals surface area contributed by atoms with Gasteiger partial charge in [-0.1, -0.05) is 24.3 Å². The highest BCUT2D eigenvalue weighted by molar-refractivity contribution is 6.05. The monoisotopic (exact) mass is 294 g/mol. The molecule has 3 rings (SSSR count). The van der Waals surface area contributed by atoms with Gasteiger partial charge in [0.2, 0.25) is 0 Å². The molecule has 0 saturated carbocycles. The number of rotatable bonds is 4. The minimum absolute atomic E-state index is 0.0838. The number of aromatic nitrogens is 1. The standard InChI is InChI=1S/C18H18N2O2/c1-20(2)11-13(21)9-12-7-8-17-16(10-12)14-5-3-4-6-15(14)18(22)19-17/h3-8,10H,9,11H2,1-2H3,(H,19,22). The van der Waals surface area contributed by atoms with Crippen molar-refractivity contribution < 1.29 is 4.79 Å². The lowest BCUT2D eigenvalue weighted by molar-refractivity contribution is -0.119. The second kappa shape index (κ2) is 5.73. The molecule has 2 aromatic carbocycles. The molecule has 3 aromatic rings. The van der Waals surface area contributed by atoms with Gasteiger partial charge in [0.05, 0.1) is 6.54 Å². The molecule has 1 N–H and O–H groups in total. The topological polar surface area (TPSA) is 53.2 Å². The fraction of sp³-hybridized carbons (Fsp3) is 0.222. The number of benzene rings is 2. The Morgan fingerprint density at radius 3 is 2.50 bits per heavy atom. The van der Waals surface area contributed by atoms with Crippen LogP contribution < -0.4 is 5.56 Å². The van der Waals surface area contributed by atoms with E-state index in [9.17, 15) is 9.59 Å². The van der Waals surface area contributed by atoms with Gasteiger partial charge in [0.15, 0.2) is 5.78 Å². The summed E-state index contributed by atoms with van der Waals surface area (Å²) >= 11 is 0. The van der Waals surface area contributed by atoms with Gasteiger partial charge in [-0.25, -0.2) is 0 Å². The van der Waals surface area contributed by atoms with Crippen molar-refractivity contribution in [1.29, 1.82) is 0 Å². The highest BCUT2D eigenvalue weighted by Crippen LogP contribution is 2.22. The molecule has 1 heterocycles. The molecule has 4 heteroatoms. The summed E-state index contributed by atoms with van der Waals surface area (Å²) in [5.74, 6) is 0.179. The quantitative estimate of drug-likeness (QED) is 0.752. The first-order chi connectivity index (χ1) is 10.5. The first-order valence-electron chi connectivity index (χ1n) is 7.24. The summed E-state index contributed by atoms with van der Waals surface area (Å²) in [4.78, 5) is 28.8. The van der Waals surface area contributed by atoms with Crippen LogP contribution in [0.15, 0.2) is 47.3 Å². The van der Waals surface area contributed by atoms with Crippen LogP contribution in [0.2, 0.25) is 0 Å². The minimum atomic E-state index is -0.0838. The number of aromatic amines is 1. The van der Waals surface area contributed by atoms with Gasteiger partial charge in [0, 0.05) is 22.7 Å². The Hall–Kier alpha value is -2.46. The van der Waals surface area contributed by atoms with Crippen molar-refractivity contribution in [2.24, 2.45) is 0 Å². The number of carbonyl (C=O) groups excluding carboxylic acids is 1. The zero-order valence-corrected chi connectivity index (χ0v) is 12.7. The van der Waals surface area contributed by atoms with Crippen LogP contribution in [0.4, 0.5) is 0 Å². The Morgan fingerprint density at radius 2 is 1.77 bits per heavy atom. The average molecular weight is 294 g/mol. The normalized spacial score (nSPS) is 11.4. The zero-order valence-electron chi connectivity index (χ0n) is 12.7. The van der Waals surface area contributed by atoms with Gasteiger partial charge in [-0.3, -0.25) is 9.59 Å². The van der Waals surface area contributed by atoms with Crippen LogP contribution >= 0.6 is 0 Å². The van der Waals surface area contributed by atoms with Crippen molar-refractivity contribution in [3.8, 4) is 0 Å². The molecule has 0 atom stereocenters. The number of ketones is 1. The maximum absolute atomic E-state index is 12.1. The lowest BCUT2D eigenvalue weighted by atomic mass is 10.0. The van der Waals surface area contributed by atoms with Crippen LogP contribution in [0.3, 0.4) is 0 Å². The third-order valence-electron chi connectivity index (χ3n) is 3.69. The summed E-state index contributed by atoms with van der Waals surface area (Å²) in [6.45, 7) is 0.435. The number of hydrogen-bond acceptors (Lipinski definition) is 3. The first-order valence-corrected chi connectivity index (χ1v) is 7.24. The Morgan fingerprint density at radius 1 is 1.05 bits per heavy atom. The summed E-state index contributed by atoms with van der Waals surface area (Å²) < 4.78 is 0. The minimum Gasteiger partial charge on any atom is -0.321 e. The van der Waals surface area contributed by atoms with Gasteiger partial charge in [0.25, 0.3) is 5.56 Å². The SMILES string of the molecule is CN(C)CC(=O)Cc1ccc2[nH]c(=O)c3ccccc3c2c1. The molecule has 0 fully saturated rings. The number of Topliss-reactive ketones (excluding diaryl/α,β-unsaturated/α-hetero) is 1. The molecule has 0 saturated heterocycles. The maximum Gasteiger partial charge on any atom is 0.256 e. The molecule has 0 spiro atoms. The molecular formula is C18H18N2O2. The van der Waals surface area contributed by atoms with E-state index in [4.69, 9.17) is 0 Å². The molecule has 0 unspecified atom stereocenters. The number of fused-ring (bicyclic) bond motifs is 3. The maximum atomic E-state index is 12.1. The second-order valence-corrected chi connectivity index (χ2v) is 5.83. The van der Waals surface area contributed by atoms with E-state index < -0.39 is 0 Å². The number of nitrogens with zero attached hydrogens (tertiary/aromatic N) is 1. The highest BCUT2D eigenvalue weighted by Gasteiger charge is 2.08. The molecule has 1 aromatic heterocycles. The lowest BCUT2D eigenvalue weighted by Gasteiger charge is -2.09. The van der Waals surface area contributed by atoms with E-state index >= 15 is 0 Å². The number of likely N-dealkylation sites (N-methyl/N-ethyl adjacent to an activating group) is 1. The van der Waals surface area contributed by atoms with Crippen LogP contribution in [0.1, 0.15) is 5.56 Å². The molecular weight excluding hydrogens is 276 g/mol. The van der Waals surface area contributed by atoms with Crippen LogP contribution in [0.25, 0.3) is 21.7 Å². The summed E-state index contributed by atoms with van der Waals surface area (Å²) in [7, 11) is 3.77. The van der Waals surface area contributed by atoms with Crippen molar-refractivity contribution in [2.45, 2.75) is 6.42 Å². The number of nitrogens with one attached hydrogen (secondary N) is 1. The van der Waals surface area contributed by atoms with Crippen molar-refractivity contribution >= 4 is 27.5 Å². The van der Waals surface area contributed by atoms with Gasteiger partial charge in [0.1, 0.15) is 0 Å². The van der Waals surface area contributed by atoms with Crippen LogP contribution in [-0.2, 0) is 11.2 Å². The molecule has 0 aliphatic carbocycles. The van der Waals surface area contributed by atoms with E-state index in [-0.39, 0.29) is 11.3 Å². The largest absolute Gasteiger partial charge is 0.321 e. The van der Waals surface area contributed by atoms with E-state index in [0.29, 0.717) is 18.4 Å². The third kappa shape index (κ3) is 2.78. The molecule has 22 heavy (non-hydrogen) atoms. The fourth-order valence-corrected chi connectivity index (χ4v) is 2.78. The Kier molecular flexibility index (Phi) is 3.77. The van der Waals surface area contributed by atoms with E-state index in [1.807, 2.05) is 61.5 Å². The number of H-pyrrole nitrogens is 1. The Balaban J connectivity index is 2.09. The third-order valence-corrected chi connectivity index (χ3v) is 3.69. The van der Waals surface area contributed by atoms with Crippen molar-refractivity contribution in [3.63, 3.8) is 0 Å². The van der Waals surface area contributed by atoms with Gasteiger partial charge in [-0.15, -0.1) is 0 Å². The first kappa shape index (κ1) is 14.5. The summed E-state index contributed by atoms with van der Waals surface area (Å²) in [5, 5.41) is 2.57. The van der Waals surface area contributed by atoms with Gasteiger partial charge >= 0.3 is 0 Å². The van der Waals surface area contributed by atoms with Crippen LogP contribution in [0.5, 0.6) is 0 Å². The van der Waals surface area contributed by atoms with Crippen molar-refractivity contribution in [2.75, 3.05) is 20.6 Å². The molecule has 0 radical (unpaired) electrons. The van der Waals surface area contributed by atoms with Crippen molar-refractivity contribution in [3.05, 3.63) is 58.4 Å². The van der Waals surface area contributed by atoms with Gasteiger partial charge in [-0.05, 0) is 43.2 Å². The molecule has 4 nitrogen and oxygen atoms in total. The molecule has 0 aliphatic heterocycles. The zero-order chi connectivity index (χ0) is 15.7. The number of pyridine rings is 1. The highest BCUT2D eigenvalue weighted by atomic mass is 16.1. The average Bonchev–Trinajstić information content (AvgIpc) is 2.47. The van der Waals surface area contributed by atoms with Crippen LogP contribution in [0, 0.1) is 0 Å². The molecule has 0 amide bonds. The predicted molar refractivity (Wildman–Crippen MR) is 89.3 cm³/mol. The fourth-order valence-electron chi connectivity index (χ4n) is 2.78. The second-order valence-electron chi connectivity index (χ2n) is 5.83. The predicted octanol–water partition coefficient (Wildman–Crippen LogP) is 2.35. The van der Waals surface area contributed by atoms with Crippen LogP contribution in [-0.4, -0.2) is 36.3 Å². The molecule has 112 valence electrons. The smallest absolute Gasteiger partial charge is 0.256 e. The Labute approximate surface area is 128 Å². The molecule has 0 aliphatic rings. The van der Waals surface area contributed by atoms with Gasteiger partial charge in [-0.2, -0.15) is 0 Å². The van der Waals surface area contributed by atoms with Gasteiger partial charge < -0.3 is 9.88 Å². The van der Waals surface area contributed by atoms with E-state index in [1.165, 1.54) is 0 Å². The van der Waals surface area contributed by atoms with E-state index in [0.717, 1.165) is 21.9 Å². The Bertz CT molecular complexity index is 910. The number of hydrogen-bond donors (Lipinski definition) is 1. The summed E-state index contributed by atoms with van der Waals surface area (Å²) in [6.07, 6.45) is 0.404. The molecule has 0 bridgehead atoms. The lowest BCUT2D eigenvalue weighted by Crippen LogP contribution is -2.22. The summed E-state index contributed by atoms with van der Waals surface area (Å²) in [5.41, 5.74) is 1.68. The van der Waals surface area contributed by atoms with Crippen molar-refractivity contribution in [1.82, 2.24) is 9.88 Å². The summed E-state index contributed by atoms with van der Waals surface area (Å²) in [6, 6.07) is 13.3. The van der Waals surface area contributed by atoms with E-state index in [1.54, 1.807) is 0 Å².